The Kier molecular flexibility index (Phi) is 4.14. The van der Waals surface area contributed by atoms with Gasteiger partial charge in [0.05, 0.1) is 10.7 Å². The van der Waals surface area contributed by atoms with Crippen LogP contribution in [-0.4, -0.2) is 20.5 Å². The molecule has 3 aromatic rings. The number of para-hydroxylation sites is 1. The average Bonchev–Trinajstić information content (AvgIpc) is 2.63. The van der Waals surface area contributed by atoms with E-state index < -0.39 is 6.17 Å². The van der Waals surface area contributed by atoms with Gasteiger partial charge in [-0.15, -0.1) is 0 Å². The van der Waals surface area contributed by atoms with Crippen molar-refractivity contribution in [2.24, 2.45) is 4.99 Å². The third kappa shape index (κ3) is 3.04. The number of nitrogens with one attached hydrogen (secondary N) is 2. The quantitative estimate of drug-likeness (QED) is 0.728. The van der Waals surface area contributed by atoms with Crippen molar-refractivity contribution < 1.29 is 0 Å². The Morgan fingerprint density at radius 2 is 2.08 bits per heavy atom. The van der Waals surface area contributed by atoms with Gasteiger partial charge in [-0.25, -0.2) is 9.98 Å². The molecular weight excluding hydrogens is 352 g/mol. The van der Waals surface area contributed by atoms with Crippen molar-refractivity contribution >= 4 is 29.2 Å². The number of aromatic nitrogens is 3. The van der Waals surface area contributed by atoms with E-state index in [4.69, 9.17) is 11.6 Å². The van der Waals surface area contributed by atoms with Crippen LogP contribution in [0, 0.1) is 6.92 Å². The summed E-state index contributed by atoms with van der Waals surface area (Å²) in [5.41, 5.74) is 1.92. The first kappa shape index (κ1) is 16.3. The lowest BCUT2D eigenvalue weighted by molar-refractivity contribution is 0.575. The molecule has 1 unspecified atom stereocenters. The summed E-state index contributed by atoms with van der Waals surface area (Å²) in [4.78, 5) is 25.8. The number of hydrogen-bond donors (Lipinski definition) is 2. The van der Waals surface area contributed by atoms with Gasteiger partial charge in [-0.05, 0) is 25.1 Å². The fourth-order valence-electron chi connectivity index (χ4n) is 2.75. The summed E-state index contributed by atoms with van der Waals surface area (Å²) in [5, 5.41) is 6.79. The van der Waals surface area contributed by atoms with Gasteiger partial charge in [-0.3, -0.25) is 19.7 Å². The minimum absolute atomic E-state index is 0.186. The highest BCUT2D eigenvalue weighted by Gasteiger charge is 2.25. The van der Waals surface area contributed by atoms with Crippen molar-refractivity contribution in [2.45, 2.75) is 13.1 Å². The van der Waals surface area contributed by atoms with E-state index in [1.165, 1.54) is 10.6 Å². The van der Waals surface area contributed by atoms with Crippen LogP contribution >= 0.6 is 11.6 Å². The van der Waals surface area contributed by atoms with E-state index in [2.05, 4.69) is 25.6 Å². The third-order valence-electron chi connectivity index (χ3n) is 3.92. The van der Waals surface area contributed by atoms with Crippen LogP contribution < -0.4 is 16.2 Å². The fourth-order valence-corrected chi connectivity index (χ4v) is 2.94. The Balaban J connectivity index is 1.81. The van der Waals surface area contributed by atoms with Crippen molar-refractivity contribution in [3.63, 3.8) is 0 Å². The first-order valence-corrected chi connectivity index (χ1v) is 8.36. The number of halogens is 1. The predicted octanol–water partition coefficient (Wildman–Crippen LogP) is 3.04. The van der Waals surface area contributed by atoms with Crippen molar-refractivity contribution in [2.75, 3.05) is 10.6 Å². The number of nitrogens with zero attached hydrogens (tertiary/aromatic N) is 4. The minimum atomic E-state index is -0.578. The van der Waals surface area contributed by atoms with Crippen LogP contribution in [0.2, 0.25) is 5.02 Å². The molecule has 3 heterocycles. The van der Waals surface area contributed by atoms with Gasteiger partial charge in [-0.1, -0.05) is 29.8 Å². The second-order valence-electron chi connectivity index (χ2n) is 5.80. The first-order chi connectivity index (χ1) is 12.6. The fraction of sp³-hybridized carbons (Fsp3) is 0.111. The number of aliphatic imine (C=N–C) groups is 1. The van der Waals surface area contributed by atoms with E-state index >= 15 is 0 Å². The predicted molar refractivity (Wildman–Crippen MR) is 102 cm³/mol. The maximum atomic E-state index is 12.5. The summed E-state index contributed by atoms with van der Waals surface area (Å²) in [6.45, 7) is 1.77. The van der Waals surface area contributed by atoms with Gasteiger partial charge >= 0.3 is 0 Å². The highest BCUT2D eigenvalue weighted by Crippen LogP contribution is 2.26. The number of fused-ring (bicyclic) bond motifs is 1. The molecule has 2 aromatic heterocycles. The molecule has 1 aromatic carbocycles. The van der Waals surface area contributed by atoms with E-state index in [0.717, 1.165) is 5.56 Å². The SMILES string of the molecule is Cc1cc(=O)n2c(n1)NC(Nc1ccccc1Cl)=NC2c1cccnc1. The summed E-state index contributed by atoms with van der Waals surface area (Å²) in [7, 11) is 0. The second kappa shape index (κ2) is 6.61. The van der Waals surface area contributed by atoms with Crippen LogP contribution in [0.1, 0.15) is 17.4 Å². The molecule has 0 saturated carbocycles. The average molecular weight is 367 g/mol. The minimum Gasteiger partial charge on any atom is -0.325 e. The van der Waals surface area contributed by atoms with Crippen molar-refractivity contribution in [3.8, 4) is 0 Å². The maximum absolute atomic E-state index is 12.5. The van der Waals surface area contributed by atoms with Gasteiger partial charge in [0.15, 0.2) is 6.17 Å². The molecule has 0 radical (unpaired) electrons. The molecule has 1 atom stereocenters. The molecule has 0 fully saturated rings. The normalized spacial score (nSPS) is 15.6. The Morgan fingerprint density at radius 1 is 1.23 bits per heavy atom. The molecule has 0 saturated heterocycles. The Morgan fingerprint density at radius 3 is 2.85 bits per heavy atom. The molecular formula is C18H15ClN6O. The largest absolute Gasteiger partial charge is 0.325 e. The van der Waals surface area contributed by atoms with Crippen LogP contribution in [0.5, 0.6) is 0 Å². The van der Waals surface area contributed by atoms with E-state index in [1.807, 2.05) is 24.3 Å². The molecule has 4 rings (SSSR count). The molecule has 0 spiro atoms. The number of anilines is 2. The number of guanidine groups is 1. The summed E-state index contributed by atoms with van der Waals surface area (Å²) in [5.74, 6) is 0.859. The van der Waals surface area contributed by atoms with Crippen molar-refractivity contribution in [1.29, 1.82) is 0 Å². The first-order valence-electron chi connectivity index (χ1n) is 7.98. The van der Waals surface area contributed by atoms with Crippen LogP contribution in [-0.2, 0) is 0 Å². The summed E-state index contributed by atoms with van der Waals surface area (Å²) in [6.07, 6.45) is 2.78. The number of benzene rings is 1. The second-order valence-corrected chi connectivity index (χ2v) is 6.20. The summed E-state index contributed by atoms with van der Waals surface area (Å²) < 4.78 is 1.50. The van der Waals surface area contributed by atoms with Crippen LogP contribution in [0.15, 0.2) is 64.6 Å². The monoisotopic (exact) mass is 366 g/mol. The molecule has 130 valence electrons. The van der Waals surface area contributed by atoms with Crippen LogP contribution in [0.4, 0.5) is 11.6 Å². The summed E-state index contributed by atoms with van der Waals surface area (Å²) in [6, 6.07) is 12.5. The molecule has 7 nitrogen and oxygen atoms in total. The highest BCUT2D eigenvalue weighted by atomic mass is 35.5. The molecule has 0 bridgehead atoms. The number of aryl methyl sites for hydroxylation is 1. The number of hydrogen-bond acceptors (Lipinski definition) is 6. The maximum Gasteiger partial charge on any atom is 0.257 e. The van der Waals surface area contributed by atoms with E-state index in [-0.39, 0.29) is 5.56 Å². The molecule has 26 heavy (non-hydrogen) atoms. The molecule has 1 aliphatic rings. The van der Waals surface area contributed by atoms with Crippen LogP contribution in [0.3, 0.4) is 0 Å². The van der Waals surface area contributed by atoms with Gasteiger partial charge in [-0.2, -0.15) is 0 Å². The molecule has 2 N–H and O–H groups in total. The molecule has 1 aliphatic heterocycles. The van der Waals surface area contributed by atoms with Gasteiger partial charge in [0.2, 0.25) is 11.9 Å². The van der Waals surface area contributed by atoms with E-state index in [9.17, 15) is 4.79 Å². The summed E-state index contributed by atoms with van der Waals surface area (Å²) >= 11 is 6.22. The molecule has 0 amide bonds. The number of rotatable bonds is 2. The topological polar surface area (TPSA) is 84.2 Å². The zero-order chi connectivity index (χ0) is 18.1. The van der Waals surface area contributed by atoms with Gasteiger partial charge in [0, 0.05) is 29.7 Å². The lowest BCUT2D eigenvalue weighted by atomic mass is 10.2. The Hall–Kier alpha value is -3.19. The van der Waals surface area contributed by atoms with Gasteiger partial charge in [0.1, 0.15) is 0 Å². The Bertz CT molecular complexity index is 1050. The smallest absolute Gasteiger partial charge is 0.257 e. The van der Waals surface area contributed by atoms with E-state index in [0.29, 0.717) is 28.3 Å². The lowest BCUT2D eigenvalue weighted by Crippen LogP contribution is -2.37. The lowest BCUT2D eigenvalue weighted by Gasteiger charge is -2.27. The van der Waals surface area contributed by atoms with E-state index in [1.54, 1.807) is 31.5 Å². The third-order valence-corrected chi connectivity index (χ3v) is 4.25. The molecule has 8 heteroatoms. The molecule has 0 aliphatic carbocycles. The zero-order valence-corrected chi connectivity index (χ0v) is 14.6. The van der Waals surface area contributed by atoms with Crippen LogP contribution in [0.25, 0.3) is 0 Å². The Labute approximate surface area is 154 Å². The van der Waals surface area contributed by atoms with Gasteiger partial charge in [0.25, 0.3) is 5.56 Å². The standard InChI is InChI=1S/C18H15ClN6O/c1-11-9-15(26)25-16(12-5-4-8-20-10-12)23-17(24-18(25)21-11)22-14-7-3-2-6-13(14)19/h2-10,16H,1H3,(H2,21,22,23,24). The zero-order valence-electron chi connectivity index (χ0n) is 13.8. The van der Waals surface area contributed by atoms with Crippen molar-refractivity contribution in [1.82, 2.24) is 14.5 Å². The van der Waals surface area contributed by atoms with Crippen molar-refractivity contribution in [3.05, 3.63) is 81.5 Å². The number of pyridine rings is 1. The van der Waals surface area contributed by atoms with Gasteiger partial charge < -0.3 is 5.32 Å². The highest BCUT2D eigenvalue weighted by molar-refractivity contribution is 6.33.